The molecule has 0 saturated heterocycles. The van der Waals surface area contributed by atoms with E-state index >= 15 is 0 Å². The predicted octanol–water partition coefficient (Wildman–Crippen LogP) is 2.25. The maximum absolute atomic E-state index is 11.5. The Bertz CT molecular complexity index is 441. The predicted molar refractivity (Wildman–Crippen MR) is 77.0 cm³/mol. The Balaban J connectivity index is 3.10. The number of hydrogen-bond acceptors (Lipinski definition) is 3. The Kier molecular flexibility index (Phi) is 4.22. The number of carbonyl (C=O) groups is 1. The van der Waals surface area contributed by atoms with Gasteiger partial charge in [0.15, 0.2) is 0 Å². The molecule has 4 nitrogen and oxygen atoms in total. The van der Waals surface area contributed by atoms with E-state index in [0.717, 1.165) is 12.1 Å². The van der Waals surface area contributed by atoms with E-state index in [-0.39, 0.29) is 11.4 Å². The molecule has 3 N–H and O–H groups in total. The number of nitrogens with one attached hydrogen (secondary N) is 1. The van der Waals surface area contributed by atoms with Gasteiger partial charge >= 0.3 is 0 Å². The number of nitrogens with two attached hydrogens (primary N) is 1. The molecular weight excluding hydrogens is 226 g/mol. The van der Waals surface area contributed by atoms with Crippen molar-refractivity contribution in [1.82, 2.24) is 5.32 Å². The smallest absolute Gasteiger partial charge is 0.251 e. The van der Waals surface area contributed by atoms with Crippen molar-refractivity contribution in [3.8, 4) is 0 Å². The molecule has 1 rings (SSSR count). The molecule has 4 heteroatoms. The van der Waals surface area contributed by atoms with Crippen molar-refractivity contribution >= 4 is 17.3 Å². The SMILES string of the molecule is CCC(C)(C)N(C)c1ccc(C(=O)NC)cc1N. The molecule has 100 valence electrons. The topological polar surface area (TPSA) is 58.4 Å². The highest BCUT2D eigenvalue weighted by molar-refractivity contribution is 5.96. The number of anilines is 2. The Morgan fingerprint density at radius 2 is 2.06 bits per heavy atom. The van der Waals surface area contributed by atoms with E-state index in [0.29, 0.717) is 11.3 Å². The highest BCUT2D eigenvalue weighted by atomic mass is 16.1. The molecule has 0 unspecified atom stereocenters. The van der Waals surface area contributed by atoms with Crippen LogP contribution in [0, 0.1) is 0 Å². The lowest BCUT2D eigenvalue weighted by Gasteiger charge is -2.37. The van der Waals surface area contributed by atoms with Gasteiger partial charge in [0.1, 0.15) is 0 Å². The lowest BCUT2D eigenvalue weighted by atomic mass is 9.98. The maximum Gasteiger partial charge on any atom is 0.251 e. The van der Waals surface area contributed by atoms with E-state index in [1.807, 2.05) is 13.1 Å². The van der Waals surface area contributed by atoms with Crippen LogP contribution in [0.4, 0.5) is 11.4 Å². The highest BCUT2D eigenvalue weighted by Crippen LogP contribution is 2.30. The molecule has 0 aliphatic carbocycles. The number of nitrogen functional groups attached to an aromatic ring is 1. The summed E-state index contributed by atoms with van der Waals surface area (Å²) >= 11 is 0. The fraction of sp³-hybridized carbons (Fsp3) is 0.500. The Morgan fingerprint density at radius 3 is 2.50 bits per heavy atom. The first-order chi connectivity index (χ1) is 8.33. The molecule has 0 heterocycles. The third kappa shape index (κ3) is 2.75. The van der Waals surface area contributed by atoms with Crippen LogP contribution >= 0.6 is 0 Å². The normalized spacial score (nSPS) is 11.2. The molecule has 0 atom stereocenters. The number of hydrogen-bond donors (Lipinski definition) is 2. The number of benzene rings is 1. The molecule has 0 aliphatic heterocycles. The van der Waals surface area contributed by atoms with Crippen LogP contribution in [-0.2, 0) is 0 Å². The molecule has 18 heavy (non-hydrogen) atoms. The molecule has 0 radical (unpaired) electrons. The highest BCUT2D eigenvalue weighted by Gasteiger charge is 2.23. The number of rotatable bonds is 4. The van der Waals surface area contributed by atoms with Gasteiger partial charge in [-0.3, -0.25) is 4.79 Å². The van der Waals surface area contributed by atoms with Crippen molar-refractivity contribution < 1.29 is 4.79 Å². The van der Waals surface area contributed by atoms with E-state index in [1.165, 1.54) is 0 Å². The largest absolute Gasteiger partial charge is 0.397 e. The minimum absolute atomic E-state index is 0.0304. The first kappa shape index (κ1) is 14.4. The average molecular weight is 249 g/mol. The summed E-state index contributed by atoms with van der Waals surface area (Å²) in [6.45, 7) is 6.48. The number of carbonyl (C=O) groups excluding carboxylic acids is 1. The van der Waals surface area contributed by atoms with Gasteiger partial charge < -0.3 is 16.0 Å². The maximum atomic E-state index is 11.5. The van der Waals surface area contributed by atoms with Crippen LogP contribution in [-0.4, -0.2) is 25.5 Å². The molecule has 0 fully saturated rings. The molecule has 0 spiro atoms. The molecule has 0 aromatic heterocycles. The van der Waals surface area contributed by atoms with Crippen LogP contribution in [0.5, 0.6) is 0 Å². The fourth-order valence-corrected chi connectivity index (χ4v) is 1.71. The molecule has 1 amide bonds. The Labute approximate surface area is 109 Å². The van der Waals surface area contributed by atoms with Crippen LogP contribution in [0.25, 0.3) is 0 Å². The van der Waals surface area contributed by atoms with E-state index < -0.39 is 0 Å². The van der Waals surface area contributed by atoms with Crippen LogP contribution in [0.3, 0.4) is 0 Å². The van der Waals surface area contributed by atoms with Crippen molar-refractivity contribution in [2.45, 2.75) is 32.7 Å². The van der Waals surface area contributed by atoms with Gasteiger partial charge in [-0.2, -0.15) is 0 Å². The van der Waals surface area contributed by atoms with Gasteiger partial charge in [-0.1, -0.05) is 6.92 Å². The summed E-state index contributed by atoms with van der Waals surface area (Å²) in [5.41, 5.74) is 8.24. The van der Waals surface area contributed by atoms with Crippen molar-refractivity contribution in [2.75, 3.05) is 24.7 Å². The third-order valence-corrected chi connectivity index (χ3v) is 3.65. The van der Waals surface area contributed by atoms with Crippen LogP contribution in [0.15, 0.2) is 18.2 Å². The van der Waals surface area contributed by atoms with Crippen LogP contribution in [0.1, 0.15) is 37.6 Å². The van der Waals surface area contributed by atoms with E-state index in [2.05, 4.69) is 31.0 Å². The first-order valence-corrected chi connectivity index (χ1v) is 6.19. The standard InChI is InChI=1S/C14H23N3O/c1-6-14(2,3)17(5)12-8-7-10(9-11(12)15)13(18)16-4/h7-9H,6,15H2,1-5H3,(H,16,18). The molecule has 0 bridgehead atoms. The molecule has 1 aromatic carbocycles. The van der Waals surface area contributed by atoms with Gasteiger partial charge in [0.2, 0.25) is 0 Å². The van der Waals surface area contributed by atoms with Crippen molar-refractivity contribution in [2.24, 2.45) is 0 Å². The van der Waals surface area contributed by atoms with Crippen molar-refractivity contribution in [3.05, 3.63) is 23.8 Å². The second-order valence-corrected chi connectivity index (χ2v) is 5.08. The van der Waals surface area contributed by atoms with E-state index in [4.69, 9.17) is 5.73 Å². The summed E-state index contributed by atoms with van der Waals surface area (Å²) in [4.78, 5) is 13.7. The van der Waals surface area contributed by atoms with Crippen LogP contribution in [0.2, 0.25) is 0 Å². The quantitative estimate of drug-likeness (QED) is 0.805. The van der Waals surface area contributed by atoms with Gasteiger partial charge in [0, 0.05) is 25.2 Å². The zero-order chi connectivity index (χ0) is 13.9. The first-order valence-electron chi connectivity index (χ1n) is 6.19. The number of nitrogens with zero attached hydrogens (tertiary/aromatic N) is 1. The average Bonchev–Trinajstić information content (AvgIpc) is 2.36. The van der Waals surface area contributed by atoms with Crippen molar-refractivity contribution in [1.29, 1.82) is 0 Å². The second-order valence-electron chi connectivity index (χ2n) is 5.08. The summed E-state index contributed by atoms with van der Waals surface area (Å²) in [7, 11) is 3.63. The zero-order valence-corrected chi connectivity index (χ0v) is 11.9. The fourth-order valence-electron chi connectivity index (χ4n) is 1.71. The van der Waals surface area contributed by atoms with Crippen LogP contribution < -0.4 is 16.0 Å². The second kappa shape index (κ2) is 5.29. The Morgan fingerprint density at radius 1 is 1.44 bits per heavy atom. The van der Waals surface area contributed by atoms with Gasteiger partial charge in [0.25, 0.3) is 5.91 Å². The summed E-state index contributed by atoms with van der Waals surface area (Å²) in [5, 5.41) is 2.59. The summed E-state index contributed by atoms with van der Waals surface area (Å²) in [6.07, 6.45) is 1.01. The Hall–Kier alpha value is -1.71. The monoisotopic (exact) mass is 249 g/mol. The molecule has 0 saturated carbocycles. The summed E-state index contributed by atoms with van der Waals surface area (Å²) in [5.74, 6) is -0.120. The minimum atomic E-state index is -0.120. The lowest BCUT2D eigenvalue weighted by molar-refractivity contribution is 0.0963. The number of amides is 1. The molecule has 1 aromatic rings. The third-order valence-electron chi connectivity index (χ3n) is 3.65. The van der Waals surface area contributed by atoms with Gasteiger partial charge in [-0.15, -0.1) is 0 Å². The molecule has 0 aliphatic rings. The zero-order valence-electron chi connectivity index (χ0n) is 11.9. The van der Waals surface area contributed by atoms with Gasteiger partial charge in [0.05, 0.1) is 11.4 Å². The van der Waals surface area contributed by atoms with E-state index in [9.17, 15) is 4.79 Å². The van der Waals surface area contributed by atoms with Gasteiger partial charge in [-0.05, 0) is 38.5 Å². The minimum Gasteiger partial charge on any atom is -0.397 e. The van der Waals surface area contributed by atoms with Gasteiger partial charge in [-0.25, -0.2) is 0 Å². The summed E-state index contributed by atoms with van der Waals surface area (Å²) in [6, 6.07) is 5.42. The van der Waals surface area contributed by atoms with E-state index in [1.54, 1.807) is 19.2 Å². The molecular formula is C14H23N3O. The summed E-state index contributed by atoms with van der Waals surface area (Å²) < 4.78 is 0. The van der Waals surface area contributed by atoms with Crippen molar-refractivity contribution in [3.63, 3.8) is 0 Å². The lowest BCUT2D eigenvalue weighted by Crippen LogP contribution is -2.40.